The molecular formula is C12H18F2N2. The van der Waals surface area contributed by atoms with Crippen LogP contribution in [0.15, 0.2) is 24.3 Å². The van der Waals surface area contributed by atoms with Crippen molar-refractivity contribution < 1.29 is 8.78 Å². The molecule has 0 heterocycles. The Morgan fingerprint density at radius 1 is 1.19 bits per heavy atom. The molecule has 90 valence electrons. The van der Waals surface area contributed by atoms with Crippen LogP contribution < -0.4 is 10.2 Å². The molecule has 0 radical (unpaired) electrons. The first-order valence-electron chi connectivity index (χ1n) is 5.28. The molecule has 0 amide bonds. The molecule has 0 fully saturated rings. The molecule has 1 N–H and O–H groups in total. The average molecular weight is 228 g/mol. The van der Waals surface area contributed by atoms with E-state index in [0.717, 1.165) is 11.3 Å². The quantitative estimate of drug-likeness (QED) is 0.833. The molecule has 4 heteroatoms. The molecule has 0 spiro atoms. The summed E-state index contributed by atoms with van der Waals surface area (Å²) in [4.78, 5) is 2.00. The van der Waals surface area contributed by atoms with Crippen molar-refractivity contribution in [3.63, 3.8) is 0 Å². The van der Waals surface area contributed by atoms with Gasteiger partial charge in [-0.25, -0.2) is 8.78 Å². The fraction of sp³-hybridized carbons (Fsp3) is 0.500. The second-order valence-corrected chi connectivity index (χ2v) is 4.06. The number of nitrogens with zero attached hydrogens (tertiary/aromatic N) is 1. The van der Waals surface area contributed by atoms with Gasteiger partial charge in [0.15, 0.2) is 0 Å². The summed E-state index contributed by atoms with van der Waals surface area (Å²) in [5.74, 6) is 0. The van der Waals surface area contributed by atoms with E-state index >= 15 is 0 Å². The summed E-state index contributed by atoms with van der Waals surface area (Å²) in [5.41, 5.74) is 2.11. The monoisotopic (exact) mass is 228 g/mol. The lowest BCUT2D eigenvalue weighted by atomic mass is 10.2. The van der Waals surface area contributed by atoms with E-state index < -0.39 is 12.5 Å². The second kappa shape index (κ2) is 5.80. The third-order valence-electron chi connectivity index (χ3n) is 2.46. The molecule has 0 aliphatic heterocycles. The molecule has 1 atom stereocenters. The Labute approximate surface area is 95.3 Å². The first-order chi connectivity index (χ1) is 7.50. The summed E-state index contributed by atoms with van der Waals surface area (Å²) in [7, 11) is 3.93. The van der Waals surface area contributed by atoms with Crippen LogP contribution in [0.5, 0.6) is 0 Å². The van der Waals surface area contributed by atoms with Crippen LogP contribution in [-0.4, -0.2) is 26.6 Å². The van der Waals surface area contributed by atoms with Gasteiger partial charge in [0.1, 0.15) is 0 Å². The number of benzene rings is 1. The molecule has 1 aromatic rings. The fourth-order valence-electron chi connectivity index (χ4n) is 1.28. The zero-order chi connectivity index (χ0) is 12.1. The van der Waals surface area contributed by atoms with E-state index in [4.69, 9.17) is 0 Å². The van der Waals surface area contributed by atoms with Crippen molar-refractivity contribution in [2.24, 2.45) is 0 Å². The van der Waals surface area contributed by atoms with Crippen molar-refractivity contribution in [1.29, 1.82) is 0 Å². The van der Waals surface area contributed by atoms with Gasteiger partial charge >= 0.3 is 0 Å². The van der Waals surface area contributed by atoms with E-state index in [-0.39, 0.29) is 0 Å². The highest BCUT2D eigenvalue weighted by Crippen LogP contribution is 2.12. The zero-order valence-electron chi connectivity index (χ0n) is 9.87. The second-order valence-electron chi connectivity index (χ2n) is 4.06. The molecule has 2 nitrogen and oxygen atoms in total. The Morgan fingerprint density at radius 2 is 1.75 bits per heavy atom. The summed E-state index contributed by atoms with van der Waals surface area (Å²) < 4.78 is 24.5. The van der Waals surface area contributed by atoms with Crippen LogP contribution in [0.4, 0.5) is 14.5 Å². The van der Waals surface area contributed by atoms with E-state index in [0.29, 0.717) is 6.54 Å². The van der Waals surface area contributed by atoms with Crippen LogP contribution >= 0.6 is 0 Å². The first kappa shape index (κ1) is 12.9. The van der Waals surface area contributed by atoms with Gasteiger partial charge in [-0.3, -0.25) is 0 Å². The number of hydrogen-bond donors (Lipinski definition) is 1. The molecule has 0 aliphatic carbocycles. The summed E-state index contributed by atoms with van der Waals surface area (Å²) in [6.45, 7) is 1.96. The Balaban J connectivity index is 2.49. The van der Waals surface area contributed by atoms with Gasteiger partial charge in [-0.1, -0.05) is 12.1 Å². The van der Waals surface area contributed by atoms with Gasteiger partial charge in [0.25, 0.3) is 6.43 Å². The Bertz CT molecular complexity index is 309. The maximum atomic E-state index is 12.2. The third kappa shape index (κ3) is 3.77. The first-order valence-corrected chi connectivity index (χ1v) is 5.28. The number of rotatable bonds is 5. The van der Waals surface area contributed by atoms with Gasteiger partial charge in [-0.2, -0.15) is 0 Å². The van der Waals surface area contributed by atoms with Crippen molar-refractivity contribution in [1.82, 2.24) is 5.32 Å². The van der Waals surface area contributed by atoms with Gasteiger partial charge < -0.3 is 10.2 Å². The highest BCUT2D eigenvalue weighted by molar-refractivity contribution is 5.45. The molecule has 0 aromatic heterocycles. The van der Waals surface area contributed by atoms with Crippen LogP contribution in [0.25, 0.3) is 0 Å². The minimum atomic E-state index is -2.32. The summed E-state index contributed by atoms with van der Waals surface area (Å²) >= 11 is 0. The topological polar surface area (TPSA) is 15.3 Å². The molecule has 16 heavy (non-hydrogen) atoms. The lowest BCUT2D eigenvalue weighted by molar-refractivity contribution is 0.105. The smallest absolute Gasteiger partial charge is 0.253 e. The Morgan fingerprint density at radius 3 is 2.19 bits per heavy atom. The summed E-state index contributed by atoms with van der Waals surface area (Å²) in [5, 5.41) is 2.78. The lowest BCUT2D eigenvalue weighted by Crippen LogP contribution is -2.31. The number of anilines is 1. The van der Waals surface area contributed by atoms with Crippen molar-refractivity contribution in [3.8, 4) is 0 Å². The largest absolute Gasteiger partial charge is 0.378 e. The number of nitrogens with one attached hydrogen (secondary N) is 1. The predicted octanol–water partition coefficient (Wildman–Crippen LogP) is 2.50. The van der Waals surface area contributed by atoms with E-state index in [2.05, 4.69) is 5.32 Å². The average Bonchev–Trinajstić information content (AvgIpc) is 2.26. The number of hydrogen-bond acceptors (Lipinski definition) is 2. The molecule has 0 saturated heterocycles. The van der Waals surface area contributed by atoms with E-state index in [9.17, 15) is 8.78 Å². The van der Waals surface area contributed by atoms with Crippen molar-refractivity contribution in [2.45, 2.75) is 25.9 Å². The minimum absolute atomic E-state index is 0.471. The molecule has 1 aromatic carbocycles. The van der Waals surface area contributed by atoms with Crippen LogP contribution in [0.3, 0.4) is 0 Å². The summed E-state index contributed by atoms with van der Waals surface area (Å²) in [6, 6.07) is 7.07. The highest BCUT2D eigenvalue weighted by Gasteiger charge is 2.12. The molecule has 1 unspecified atom stereocenters. The zero-order valence-corrected chi connectivity index (χ0v) is 9.87. The normalized spacial score (nSPS) is 12.9. The maximum Gasteiger partial charge on any atom is 0.253 e. The molecule has 1 rings (SSSR count). The van der Waals surface area contributed by atoms with Gasteiger partial charge in [-0.15, -0.1) is 0 Å². The molecular weight excluding hydrogens is 210 g/mol. The van der Waals surface area contributed by atoms with Gasteiger partial charge in [-0.05, 0) is 24.6 Å². The van der Waals surface area contributed by atoms with E-state index in [1.165, 1.54) is 6.92 Å². The third-order valence-corrected chi connectivity index (χ3v) is 2.46. The molecule has 0 saturated carbocycles. The number of halogens is 2. The van der Waals surface area contributed by atoms with Gasteiger partial charge in [0.05, 0.1) is 6.04 Å². The van der Waals surface area contributed by atoms with Crippen LogP contribution in [-0.2, 0) is 6.54 Å². The Kier molecular flexibility index (Phi) is 4.68. The van der Waals surface area contributed by atoms with Crippen molar-refractivity contribution in [3.05, 3.63) is 29.8 Å². The van der Waals surface area contributed by atoms with Gasteiger partial charge in [0.2, 0.25) is 0 Å². The maximum absolute atomic E-state index is 12.2. The van der Waals surface area contributed by atoms with Gasteiger partial charge in [0, 0.05) is 26.3 Å². The SMILES string of the molecule is CC(NCc1ccc(N(C)C)cc1)C(F)F. The number of alkyl halides is 2. The summed E-state index contributed by atoms with van der Waals surface area (Å²) in [6.07, 6.45) is -2.32. The van der Waals surface area contributed by atoms with Crippen molar-refractivity contribution >= 4 is 5.69 Å². The minimum Gasteiger partial charge on any atom is -0.378 e. The van der Waals surface area contributed by atoms with E-state index in [1.807, 2.05) is 43.3 Å². The van der Waals surface area contributed by atoms with Crippen molar-refractivity contribution in [2.75, 3.05) is 19.0 Å². The van der Waals surface area contributed by atoms with E-state index in [1.54, 1.807) is 0 Å². The lowest BCUT2D eigenvalue weighted by Gasteiger charge is -2.15. The van der Waals surface area contributed by atoms with Crippen LogP contribution in [0, 0.1) is 0 Å². The van der Waals surface area contributed by atoms with Crippen LogP contribution in [0.1, 0.15) is 12.5 Å². The standard InChI is InChI=1S/C12H18F2N2/c1-9(12(13)14)15-8-10-4-6-11(7-5-10)16(2)3/h4-7,9,12,15H,8H2,1-3H3. The Hall–Kier alpha value is -1.16. The predicted molar refractivity (Wildman–Crippen MR) is 63.1 cm³/mol. The fourth-order valence-corrected chi connectivity index (χ4v) is 1.28. The highest BCUT2D eigenvalue weighted by atomic mass is 19.3. The molecule has 0 aliphatic rings. The molecule has 0 bridgehead atoms. The van der Waals surface area contributed by atoms with Crippen LogP contribution in [0.2, 0.25) is 0 Å².